The van der Waals surface area contributed by atoms with E-state index in [0.717, 1.165) is 38.9 Å². The molecule has 0 spiro atoms. The van der Waals surface area contributed by atoms with Crippen LogP contribution in [0.1, 0.15) is 0 Å². The summed E-state index contributed by atoms with van der Waals surface area (Å²) in [5, 5.41) is 5.23. The third-order valence-corrected chi connectivity index (χ3v) is 14.0. The average molecular weight is 826 g/mol. The zero-order valence-electron chi connectivity index (χ0n) is 33.4. The Morgan fingerprint density at radius 1 is 0.226 bits per heavy atom. The molecule has 0 fully saturated rings. The van der Waals surface area contributed by atoms with Gasteiger partial charge in [-0.15, -0.1) is 22.7 Å². The largest absolute Gasteiger partial charge is 0.208 e. The Labute approximate surface area is 366 Å². The van der Waals surface area contributed by atoms with E-state index in [1.165, 1.54) is 62.6 Å². The molecule has 3 aromatic heterocycles. The van der Waals surface area contributed by atoms with Crippen molar-refractivity contribution in [2.45, 2.75) is 0 Å². The van der Waals surface area contributed by atoms with Gasteiger partial charge in [0.15, 0.2) is 17.5 Å². The molecule has 0 N–H and O–H groups in total. The van der Waals surface area contributed by atoms with Crippen LogP contribution in [0, 0.1) is 0 Å². The maximum Gasteiger partial charge on any atom is 0.164 e. The molecule has 0 radical (unpaired) electrons. The van der Waals surface area contributed by atoms with E-state index in [4.69, 9.17) is 15.0 Å². The van der Waals surface area contributed by atoms with Gasteiger partial charge in [-0.1, -0.05) is 170 Å². The smallest absolute Gasteiger partial charge is 0.164 e. The van der Waals surface area contributed by atoms with Gasteiger partial charge in [-0.3, -0.25) is 0 Å². The minimum atomic E-state index is 0.631. The molecule has 0 amide bonds. The number of hydrogen-bond donors (Lipinski definition) is 0. The summed E-state index contributed by atoms with van der Waals surface area (Å²) in [4.78, 5) is 15.3. The van der Waals surface area contributed by atoms with Crippen LogP contribution in [0.5, 0.6) is 0 Å². The van der Waals surface area contributed by atoms with Gasteiger partial charge < -0.3 is 0 Å². The lowest BCUT2D eigenvalue weighted by atomic mass is 9.92. The number of nitrogens with zero attached hydrogens (tertiary/aromatic N) is 3. The van der Waals surface area contributed by atoms with Gasteiger partial charge in [0, 0.05) is 57.0 Å². The quantitative estimate of drug-likeness (QED) is 0.161. The van der Waals surface area contributed by atoms with Crippen molar-refractivity contribution in [3.05, 3.63) is 212 Å². The second-order valence-corrected chi connectivity index (χ2v) is 17.7. The molecular weight excluding hydrogens is 791 g/mol. The first-order valence-electron chi connectivity index (χ1n) is 20.7. The van der Waals surface area contributed by atoms with E-state index in [1.807, 2.05) is 53.0 Å². The highest BCUT2D eigenvalue weighted by Gasteiger charge is 2.17. The van der Waals surface area contributed by atoms with Crippen molar-refractivity contribution in [1.29, 1.82) is 0 Å². The summed E-state index contributed by atoms with van der Waals surface area (Å²) in [5.74, 6) is 1.91. The molecular formula is C57H35N3S2. The van der Waals surface area contributed by atoms with Crippen molar-refractivity contribution in [1.82, 2.24) is 15.0 Å². The fraction of sp³-hybridized carbons (Fsp3) is 0. The maximum absolute atomic E-state index is 5.16. The Balaban J connectivity index is 0.981. The third kappa shape index (κ3) is 6.56. The Hall–Kier alpha value is -7.57. The third-order valence-electron chi connectivity index (χ3n) is 11.8. The lowest BCUT2D eigenvalue weighted by molar-refractivity contribution is 1.07. The van der Waals surface area contributed by atoms with Crippen LogP contribution in [0.15, 0.2) is 212 Å². The van der Waals surface area contributed by atoms with Crippen molar-refractivity contribution in [2.24, 2.45) is 0 Å². The van der Waals surface area contributed by atoms with Gasteiger partial charge in [0.2, 0.25) is 0 Å². The predicted octanol–water partition coefficient (Wildman–Crippen LogP) is 16.3. The van der Waals surface area contributed by atoms with Gasteiger partial charge in [0.05, 0.1) is 0 Å². The first kappa shape index (κ1) is 36.3. The minimum Gasteiger partial charge on any atom is -0.208 e. The molecule has 0 atom stereocenters. The van der Waals surface area contributed by atoms with Gasteiger partial charge in [-0.25, -0.2) is 15.0 Å². The molecule has 0 aliphatic rings. The fourth-order valence-corrected chi connectivity index (χ4v) is 10.9. The number of rotatable bonds is 7. The lowest BCUT2D eigenvalue weighted by Gasteiger charge is -2.13. The monoisotopic (exact) mass is 825 g/mol. The molecule has 3 heterocycles. The summed E-state index contributed by atoms with van der Waals surface area (Å²) in [6.07, 6.45) is 0. The summed E-state index contributed by atoms with van der Waals surface area (Å²) in [6, 6.07) is 75.9. The molecule has 290 valence electrons. The van der Waals surface area contributed by atoms with Gasteiger partial charge in [0.25, 0.3) is 0 Å². The minimum absolute atomic E-state index is 0.631. The molecule has 0 saturated heterocycles. The number of fused-ring (bicyclic) bond motifs is 6. The van der Waals surface area contributed by atoms with Gasteiger partial charge in [0.1, 0.15) is 0 Å². The molecule has 12 rings (SSSR count). The van der Waals surface area contributed by atoms with Crippen LogP contribution in [0.2, 0.25) is 0 Å². The summed E-state index contributed by atoms with van der Waals surface area (Å²) in [6.45, 7) is 0. The van der Waals surface area contributed by atoms with Crippen molar-refractivity contribution in [3.63, 3.8) is 0 Å². The second-order valence-electron chi connectivity index (χ2n) is 15.6. The highest BCUT2D eigenvalue weighted by atomic mass is 32.1. The van der Waals surface area contributed by atoms with Crippen molar-refractivity contribution in [2.75, 3.05) is 0 Å². The van der Waals surface area contributed by atoms with Crippen LogP contribution < -0.4 is 0 Å². The van der Waals surface area contributed by atoms with Crippen molar-refractivity contribution < 1.29 is 0 Å². The fourth-order valence-electron chi connectivity index (χ4n) is 8.64. The van der Waals surface area contributed by atoms with E-state index < -0.39 is 0 Å². The first-order valence-corrected chi connectivity index (χ1v) is 22.4. The number of thiophene rings is 2. The van der Waals surface area contributed by atoms with Crippen LogP contribution in [-0.4, -0.2) is 15.0 Å². The summed E-state index contributed by atoms with van der Waals surface area (Å²) >= 11 is 3.72. The van der Waals surface area contributed by atoms with Gasteiger partial charge >= 0.3 is 0 Å². The van der Waals surface area contributed by atoms with E-state index in [-0.39, 0.29) is 0 Å². The van der Waals surface area contributed by atoms with E-state index in [1.54, 1.807) is 0 Å². The summed E-state index contributed by atoms with van der Waals surface area (Å²) in [5.41, 5.74) is 12.1. The summed E-state index contributed by atoms with van der Waals surface area (Å²) < 4.78 is 5.22. The Kier molecular flexibility index (Phi) is 8.87. The van der Waals surface area contributed by atoms with E-state index in [0.29, 0.717) is 17.5 Å². The van der Waals surface area contributed by atoms with E-state index in [2.05, 4.69) is 182 Å². The van der Waals surface area contributed by atoms with Crippen LogP contribution in [0.3, 0.4) is 0 Å². The molecule has 0 unspecified atom stereocenters. The lowest BCUT2D eigenvalue weighted by Crippen LogP contribution is -2.01. The Morgan fingerprint density at radius 3 is 1.18 bits per heavy atom. The SMILES string of the molecule is c1ccc(-c2nc(-c3ccc(-c4cc(-c5ccc6c(c5)sc5ccccc56)cc(-c5ccc6c(c5)sc5ccccc56)c4)cc3)nc(-c3ccccc3-c3ccccc3)n2)cc1. The van der Waals surface area contributed by atoms with Crippen LogP contribution in [-0.2, 0) is 0 Å². The topological polar surface area (TPSA) is 38.7 Å². The molecule has 12 aromatic rings. The molecule has 9 aromatic carbocycles. The molecule has 0 aliphatic heterocycles. The van der Waals surface area contributed by atoms with Crippen LogP contribution in [0.25, 0.3) is 119 Å². The number of hydrogen-bond acceptors (Lipinski definition) is 5. The van der Waals surface area contributed by atoms with E-state index >= 15 is 0 Å². The molecule has 3 nitrogen and oxygen atoms in total. The number of benzene rings is 9. The molecule has 0 aliphatic carbocycles. The molecule has 5 heteroatoms. The van der Waals surface area contributed by atoms with Gasteiger partial charge in [-0.05, 0) is 87.0 Å². The zero-order chi connectivity index (χ0) is 41.0. The van der Waals surface area contributed by atoms with Crippen LogP contribution >= 0.6 is 22.7 Å². The van der Waals surface area contributed by atoms with Crippen molar-refractivity contribution in [3.8, 4) is 78.7 Å². The van der Waals surface area contributed by atoms with Gasteiger partial charge in [-0.2, -0.15) is 0 Å². The standard InChI is InChI=1S/C57H35N3S2/c1-3-13-37(14-4-1)45-17-7-8-20-50(45)57-59-55(38-15-5-2-6-16-38)58-56(60-57)39-25-23-36(24-26-39)42-31-43(40-27-29-48-46-18-9-11-21-51(46)61-53(48)34-40)33-44(32-42)41-28-30-49-47-19-10-12-22-52(47)62-54(49)35-41/h1-35H. The van der Waals surface area contributed by atoms with Crippen LogP contribution in [0.4, 0.5) is 0 Å². The highest BCUT2D eigenvalue weighted by molar-refractivity contribution is 7.26. The maximum atomic E-state index is 5.16. The zero-order valence-corrected chi connectivity index (χ0v) is 35.0. The molecule has 0 saturated carbocycles. The number of aromatic nitrogens is 3. The van der Waals surface area contributed by atoms with Crippen molar-refractivity contribution >= 4 is 63.0 Å². The molecule has 62 heavy (non-hydrogen) atoms. The Bertz CT molecular complexity index is 3490. The normalized spacial score (nSPS) is 11.5. The predicted molar refractivity (Wildman–Crippen MR) is 264 cm³/mol. The highest BCUT2D eigenvalue weighted by Crippen LogP contribution is 2.41. The second kappa shape index (κ2) is 15.2. The molecule has 0 bridgehead atoms. The first-order chi connectivity index (χ1) is 30.7. The Morgan fingerprint density at radius 2 is 0.613 bits per heavy atom. The van der Waals surface area contributed by atoms with E-state index in [9.17, 15) is 0 Å². The summed E-state index contributed by atoms with van der Waals surface area (Å²) in [7, 11) is 0. The average Bonchev–Trinajstić information content (AvgIpc) is 3.92.